The van der Waals surface area contributed by atoms with E-state index in [9.17, 15) is 4.79 Å². The first-order chi connectivity index (χ1) is 12.7. The standard InChI is InChI=1S/C18H21N5O3/c1-25-15-4-2-14(3-5-15)20-18(24)23-11-13-10-19-17(21-16(13)12-23)22-6-8-26-9-7-22/h2-5,10H,6-9,11-12H2,1H3,(H,20,24). The van der Waals surface area contributed by atoms with E-state index in [4.69, 9.17) is 9.47 Å². The summed E-state index contributed by atoms with van der Waals surface area (Å²) in [5.74, 6) is 1.46. The number of amides is 2. The van der Waals surface area contributed by atoms with Crippen LogP contribution < -0.4 is 15.0 Å². The largest absolute Gasteiger partial charge is 0.497 e. The third-order valence-corrected chi connectivity index (χ3v) is 4.57. The molecule has 4 rings (SSSR count). The molecule has 0 unspecified atom stereocenters. The van der Waals surface area contributed by atoms with Crippen LogP contribution in [0.25, 0.3) is 0 Å². The number of aromatic nitrogens is 2. The summed E-state index contributed by atoms with van der Waals surface area (Å²) in [5, 5.41) is 2.90. The van der Waals surface area contributed by atoms with Crippen molar-refractivity contribution in [3.8, 4) is 5.75 Å². The van der Waals surface area contributed by atoms with Gasteiger partial charge in [0, 0.05) is 30.5 Å². The van der Waals surface area contributed by atoms with E-state index in [1.807, 2.05) is 30.5 Å². The smallest absolute Gasteiger partial charge is 0.322 e. The Morgan fingerprint density at radius 1 is 1.19 bits per heavy atom. The van der Waals surface area contributed by atoms with E-state index in [1.54, 1.807) is 12.0 Å². The molecular weight excluding hydrogens is 334 g/mol. The minimum Gasteiger partial charge on any atom is -0.497 e. The third kappa shape index (κ3) is 3.41. The number of morpholine rings is 1. The topological polar surface area (TPSA) is 79.8 Å². The number of nitrogens with zero attached hydrogens (tertiary/aromatic N) is 4. The molecule has 8 heteroatoms. The number of urea groups is 1. The van der Waals surface area contributed by atoms with Crippen LogP contribution in [0.2, 0.25) is 0 Å². The highest BCUT2D eigenvalue weighted by atomic mass is 16.5. The molecule has 0 spiro atoms. The molecule has 0 saturated carbocycles. The normalized spacial score (nSPS) is 16.3. The van der Waals surface area contributed by atoms with Gasteiger partial charge in [-0.2, -0.15) is 0 Å². The van der Waals surface area contributed by atoms with Crippen molar-refractivity contribution < 1.29 is 14.3 Å². The Morgan fingerprint density at radius 3 is 2.69 bits per heavy atom. The zero-order valence-corrected chi connectivity index (χ0v) is 14.6. The van der Waals surface area contributed by atoms with Crippen molar-refractivity contribution in [3.63, 3.8) is 0 Å². The second-order valence-electron chi connectivity index (χ2n) is 6.26. The van der Waals surface area contributed by atoms with Gasteiger partial charge in [0.25, 0.3) is 0 Å². The SMILES string of the molecule is COc1ccc(NC(=O)N2Cc3cnc(N4CCOCC4)nc3C2)cc1. The van der Waals surface area contributed by atoms with E-state index in [0.29, 0.717) is 32.3 Å². The fourth-order valence-corrected chi connectivity index (χ4v) is 3.08. The van der Waals surface area contributed by atoms with Gasteiger partial charge in [0.15, 0.2) is 0 Å². The molecule has 0 radical (unpaired) electrons. The average Bonchev–Trinajstić information content (AvgIpc) is 3.13. The number of rotatable bonds is 3. The summed E-state index contributed by atoms with van der Waals surface area (Å²) in [6.45, 7) is 3.96. The number of ether oxygens (including phenoxy) is 2. The lowest BCUT2D eigenvalue weighted by Crippen LogP contribution is -2.37. The van der Waals surface area contributed by atoms with Crippen LogP contribution in [-0.2, 0) is 17.8 Å². The van der Waals surface area contributed by atoms with Gasteiger partial charge in [-0.15, -0.1) is 0 Å². The summed E-state index contributed by atoms with van der Waals surface area (Å²) in [6.07, 6.45) is 1.83. The molecule has 2 aliphatic rings. The molecule has 26 heavy (non-hydrogen) atoms. The summed E-state index contributed by atoms with van der Waals surface area (Å²) in [6, 6.07) is 7.11. The van der Waals surface area contributed by atoms with Crippen molar-refractivity contribution in [3.05, 3.63) is 41.7 Å². The quantitative estimate of drug-likeness (QED) is 0.905. The third-order valence-electron chi connectivity index (χ3n) is 4.57. The first kappa shape index (κ1) is 16.6. The Morgan fingerprint density at radius 2 is 1.96 bits per heavy atom. The van der Waals surface area contributed by atoms with Crippen LogP contribution in [0.3, 0.4) is 0 Å². The van der Waals surface area contributed by atoms with Gasteiger partial charge in [-0.25, -0.2) is 14.8 Å². The maximum Gasteiger partial charge on any atom is 0.322 e. The minimum absolute atomic E-state index is 0.152. The lowest BCUT2D eigenvalue weighted by atomic mass is 10.3. The first-order valence-electron chi connectivity index (χ1n) is 8.60. The summed E-state index contributed by atoms with van der Waals surface area (Å²) >= 11 is 0. The fourth-order valence-electron chi connectivity index (χ4n) is 3.08. The second kappa shape index (κ2) is 7.17. The minimum atomic E-state index is -0.152. The average molecular weight is 355 g/mol. The molecule has 1 aromatic carbocycles. The molecule has 3 heterocycles. The van der Waals surface area contributed by atoms with Gasteiger partial charge in [-0.05, 0) is 24.3 Å². The van der Waals surface area contributed by atoms with E-state index in [0.717, 1.165) is 35.8 Å². The van der Waals surface area contributed by atoms with E-state index >= 15 is 0 Å². The van der Waals surface area contributed by atoms with Gasteiger partial charge >= 0.3 is 6.03 Å². The van der Waals surface area contributed by atoms with Crippen molar-refractivity contribution >= 4 is 17.7 Å². The van der Waals surface area contributed by atoms with Gasteiger partial charge in [-0.1, -0.05) is 0 Å². The summed E-state index contributed by atoms with van der Waals surface area (Å²) in [5.41, 5.74) is 2.63. The zero-order valence-electron chi connectivity index (χ0n) is 14.6. The maximum absolute atomic E-state index is 12.5. The van der Waals surface area contributed by atoms with E-state index in [2.05, 4.69) is 20.2 Å². The number of hydrogen-bond donors (Lipinski definition) is 1. The molecule has 1 fully saturated rings. The number of benzene rings is 1. The highest BCUT2D eigenvalue weighted by Gasteiger charge is 2.26. The highest BCUT2D eigenvalue weighted by Crippen LogP contribution is 2.24. The van der Waals surface area contributed by atoms with Crippen LogP contribution in [0.1, 0.15) is 11.3 Å². The Hall–Kier alpha value is -2.87. The molecule has 2 aliphatic heterocycles. The molecule has 1 aromatic heterocycles. The molecule has 136 valence electrons. The predicted octanol–water partition coefficient (Wildman–Crippen LogP) is 1.87. The van der Waals surface area contributed by atoms with E-state index in [-0.39, 0.29) is 6.03 Å². The molecule has 2 aromatic rings. The van der Waals surface area contributed by atoms with Crippen molar-refractivity contribution in [1.82, 2.24) is 14.9 Å². The lowest BCUT2D eigenvalue weighted by molar-refractivity contribution is 0.122. The molecule has 0 aliphatic carbocycles. The summed E-state index contributed by atoms with van der Waals surface area (Å²) in [4.78, 5) is 25.5. The predicted molar refractivity (Wildman–Crippen MR) is 96.3 cm³/mol. The van der Waals surface area contributed by atoms with Crippen molar-refractivity contribution in [2.45, 2.75) is 13.1 Å². The lowest BCUT2D eigenvalue weighted by Gasteiger charge is -2.26. The highest BCUT2D eigenvalue weighted by molar-refractivity contribution is 5.89. The number of hydrogen-bond acceptors (Lipinski definition) is 6. The van der Waals surface area contributed by atoms with Gasteiger partial charge < -0.3 is 24.6 Å². The summed E-state index contributed by atoms with van der Waals surface area (Å²) < 4.78 is 10.5. The molecule has 1 saturated heterocycles. The second-order valence-corrected chi connectivity index (χ2v) is 6.26. The van der Waals surface area contributed by atoms with Crippen LogP contribution in [0.15, 0.2) is 30.5 Å². The van der Waals surface area contributed by atoms with Gasteiger partial charge in [0.05, 0.1) is 39.1 Å². The monoisotopic (exact) mass is 355 g/mol. The molecule has 0 atom stereocenters. The van der Waals surface area contributed by atoms with Crippen molar-refractivity contribution in [2.24, 2.45) is 0 Å². The Balaban J connectivity index is 1.41. The first-order valence-corrected chi connectivity index (χ1v) is 8.60. The molecule has 1 N–H and O–H groups in total. The van der Waals surface area contributed by atoms with Crippen LogP contribution in [0, 0.1) is 0 Å². The molecule has 0 bridgehead atoms. The van der Waals surface area contributed by atoms with E-state index in [1.165, 1.54) is 0 Å². The Labute approximate surface area is 151 Å². The van der Waals surface area contributed by atoms with Crippen molar-refractivity contribution in [1.29, 1.82) is 0 Å². The molecule has 2 amide bonds. The van der Waals surface area contributed by atoms with Gasteiger partial charge in [0.2, 0.25) is 5.95 Å². The number of anilines is 2. The van der Waals surface area contributed by atoms with Gasteiger partial charge in [-0.3, -0.25) is 0 Å². The Bertz CT molecular complexity index is 790. The van der Waals surface area contributed by atoms with Crippen LogP contribution in [-0.4, -0.2) is 54.3 Å². The number of methoxy groups -OCH3 is 1. The van der Waals surface area contributed by atoms with Crippen LogP contribution in [0.5, 0.6) is 5.75 Å². The van der Waals surface area contributed by atoms with Crippen molar-refractivity contribution in [2.75, 3.05) is 43.6 Å². The number of fused-ring (bicyclic) bond motifs is 1. The van der Waals surface area contributed by atoms with Crippen LogP contribution >= 0.6 is 0 Å². The number of carbonyl (C=O) groups is 1. The summed E-state index contributed by atoms with van der Waals surface area (Å²) in [7, 11) is 1.61. The van der Waals surface area contributed by atoms with Gasteiger partial charge in [0.1, 0.15) is 5.75 Å². The number of carbonyl (C=O) groups excluding carboxylic acids is 1. The maximum atomic E-state index is 12.5. The zero-order chi connectivity index (χ0) is 17.9. The Kier molecular flexibility index (Phi) is 4.57. The van der Waals surface area contributed by atoms with E-state index < -0.39 is 0 Å². The molecular formula is C18H21N5O3. The van der Waals surface area contributed by atoms with Crippen LogP contribution in [0.4, 0.5) is 16.4 Å². The number of nitrogens with one attached hydrogen (secondary N) is 1. The fraction of sp³-hybridized carbons (Fsp3) is 0.389. The molecule has 8 nitrogen and oxygen atoms in total.